The molecule has 23 heavy (non-hydrogen) atoms. The van der Waals surface area contributed by atoms with Crippen LogP contribution in [0.5, 0.6) is 0 Å². The second-order valence-electron chi connectivity index (χ2n) is 5.57. The number of carbonyl (C=O) groups is 1. The molecule has 1 aliphatic rings. The van der Waals surface area contributed by atoms with E-state index in [0.717, 1.165) is 0 Å². The average Bonchev–Trinajstić information content (AvgIpc) is 2.48. The first-order valence-electron chi connectivity index (χ1n) is 7.23. The number of sulfonamides is 1. The number of aryl methyl sites for hydroxylation is 1. The standard InChI is InChI=1S/C15H22N2O4S.ClH/c1-10-9-13(15(18)21-4)5-6-14(10)22(19,20)17-8-7-16-11(2)12(17)3;/h5-6,9,11-12,16H,7-8H2,1-4H3;1H. The molecule has 2 atom stereocenters. The smallest absolute Gasteiger partial charge is 0.337 e. The van der Waals surface area contributed by atoms with Gasteiger partial charge in [0, 0.05) is 25.2 Å². The maximum absolute atomic E-state index is 12.9. The summed E-state index contributed by atoms with van der Waals surface area (Å²) in [6.45, 7) is 6.62. The summed E-state index contributed by atoms with van der Waals surface area (Å²) in [6, 6.07) is 4.49. The van der Waals surface area contributed by atoms with Crippen molar-refractivity contribution in [3.05, 3.63) is 29.3 Å². The Bertz CT molecular complexity index is 678. The quantitative estimate of drug-likeness (QED) is 0.826. The number of carbonyl (C=O) groups excluding carboxylic acids is 1. The van der Waals surface area contributed by atoms with Crippen molar-refractivity contribution in [2.45, 2.75) is 37.8 Å². The number of methoxy groups -OCH3 is 1. The molecule has 2 rings (SSSR count). The number of piperazine rings is 1. The number of esters is 1. The van der Waals surface area contributed by atoms with Gasteiger partial charge in [-0.05, 0) is 44.5 Å². The highest BCUT2D eigenvalue weighted by Gasteiger charge is 2.35. The molecule has 1 aliphatic heterocycles. The zero-order valence-corrected chi connectivity index (χ0v) is 15.3. The summed E-state index contributed by atoms with van der Waals surface area (Å²) in [6.07, 6.45) is 0. The fourth-order valence-electron chi connectivity index (χ4n) is 2.68. The monoisotopic (exact) mass is 362 g/mol. The Hall–Kier alpha value is -1.15. The van der Waals surface area contributed by atoms with Crippen LogP contribution in [0.25, 0.3) is 0 Å². The molecule has 8 heteroatoms. The van der Waals surface area contributed by atoms with Gasteiger partial charge in [-0.1, -0.05) is 0 Å². The van der Waals surface area contributed by atoms with Crippen LogP contribution in [0.3, 0.4) is 0 Å². The van der Waals surface area contributed by atoms with Crippen molar-refractivity contribution in [1.29, 1.82) is 0 Å². The van der Waals surface area contributed by atoms with E-state index in [1.165, 1.54) is 23.5 Å². The molecule has 0 aromatic heterocycles. The van der Waals surface area contributed by atoms with Crippen LogP contribution in [0.15, 0.2) is 23.1 Å². The van der Waals surface area contributed by atoms with Crippen molar-refractivity contribution in [2.24, 2.45) is 0 Å². The normalized spacial score (nSPS) is 22.3. The summed E-state index contributed by atoms with van der Waals surface area (Å²) in [5.41, 5.74) is 0.891. The van der Waals surface area contributed by atoms with Gasteiger partial charge in [0.25, 0.3) is 0 Å². The third kappa shape index (κ3) is 3.85. The molecule has 0 aliphatic carbocycles. The van der Waals surface area contributed by atoms with Gasteiger partial charge in [0.2, 0.25) is 10.0 Å². The lowest BCUT2D eigenvalue weighted by atomic mass is 10.1. The molecule has 1 heterocycles. The van der Waals surface area contributed by atoms with Crippen LogP contribution in [0.2, 0.25) is 0 Å². The largest absolute Gasteiger partial charge is 0.465 e. The summed E-state index contributed by atoms with van der Waals surface area (Å²) in [7, 11) is -2.29. The van der Waals surface area contributed by atoms with Crippen LogP contribution in [0.4, 0.5) is 0 Å². The van der Waals surface area contributed by atoms with Crippen molar-refractivity contribution in [1.82, 2.24) is 9.62 Å². The third-order valence-corrected chi connectivity index (χ3v) is 6.31. The molecular formula is C15H23ClN2O4S. The molecular weight excluding hydrogens is 340 g/mol. The molecule has 0 radical (unpaired) electrons. The van der Waals surface area contributed by atoms with Crippen molar-refractivity contribution in [3.8, 4) is 0 Å². The van der Waals surface area contributed by atoms with Gasteiger partial charge >= 0.3 is 5.97 Å². The molecule has 6 nitrogen and oxygen atoms in total. The highest BCUT2D eigenvalue weighted by atomic mass is 35.5. The highest BCUT2D eigenvalue weighted by Crippen LogP contribution is 2.25. The lowest BCUT2D eigenvalue weighted by Crippen LogP contribution is -2.57. The number of halogens is 1. The SMILES string of the molecule is COC(=O)c1ccc(S(=O)(=O)N2CCNC(C)C2C)c(C)c1.Cl. The van der Waals surface area contributed by atoms with Crippen LogP contribution in [-0.2, 0) is 14.8 Å². The number of ether oxygens (including phenoxy) is 1. The van der Waals surface area contributed by atoms with Gasteiger partial charge in [-0.15, -0.1) is 12.4 Å². The molecule has 0 saturated carbocycles. The van der Waals surface area contributed by atoms with Crippen LogP contribution < -0.4 is 5.32 Å². The Kier molecular flexibility index (Phi) is 6.59. The van der Waals surface area contributed by atoms with E-state index in [4.69, 9.17) is 0 Å². The van der Waals surface area contributed by atoms with E-state index in [9.17, 15) is 13.2 Å². The van der Waals surface area contributed by atoms with E-state index in [1.54, 1.807) is 13.0 Å². The predicted molar refractivity (Wildman–Crippen MR) is 90.6 cm³/mol. The molecule has 1 aromatic rings. The maximum atomic E-state index is 12.9. The van der Waals surface area contributed by atoms with Gasteiger partial charge in [-0.25, -0.2) is 13.2 Å². The molecule has 2 unspecified atom stereocenters. The Morgan fingerprint density at radius 1 is 1.35 bits per heavy atom. The second kappa shape index (κ2) is 7.61. The van der Waals surface area contributed by atoms with Crippen LogP contribution in [0.1, 0.15) is 29.8 Å². The van der Waals surface area contributed by atoms with Gasteiger partial charge in [0.1, 0.15) is 0 Å². The van der Waals surface area contributed by atoms with Gasteiger partial charge in [-0.3, -0.25) is 0 Å². The van der Waals surface area contributed by atoms with Gasteiger partial charge in [0.05, 0.1) is 17.6 Å². The Morgan fingerprint density at radius 2 is 2.00 bits per heavy atom. The average molecular weight is 363 g/mol. The van der Waals surface area contributed by atoms with E-state index < -0.39 is 16.0 Å². The molecule has 1 aromatic carbocycles. The summed E-state index contributed by atoms with van der Waals surface area (Å²) in [5, 5.41) is 3.26. The predicted octanol–water partition coefficient (Wildman–Crippen LogP) is 1.57. The fourth-order valence-corrected chi connectivity index (χ4v) is 4.59. The molecule has 1 saturated heterocycles. The summed E-state index contributed by atoms with van der Waals surface area (Å²) in [5.74, 6) is -0.476. The molecule has 1 fully saturated rings. The minimum Gasteiger partial charge on any atom is -0.465 e. The van der Waals surface area contributed by atoms with Gasteiger partial charge in [0.15, 0.2) is 0 Å². The Morgan fingerprint density at radius 3 is 2.57 bits per heavy atom. The van der Waals surface area contributed by atoms with Crippen molar-refractivity contribution in [2.75, 3.05) is 20.2 Å². The molecule has 0 spiro atoms. The fraction of sp³-hybridized carbons (Fsp3) is 0.533. The highest BCUT2D eigenvalue weighted by molar-refractivity contribution is 7.89. The number of hydrogen-bond acceptors (Lipinski definition) is 5. The summed E-state index contributed by atoms with van der Waals surface area (Å²) in [4.78, 5) is 11.8. The summed E-state index contributed by atoms with van der Waals surface area (Å²) < 4.78 is 32.0. The molecule has 130 valence electrons. The zero-order chi connectivity index (χ0) is 16.5. The molecule has 0 amide bonds. The van der Waals surface area contributed by atoms with Crippen molar-refractivity contribution < 1.29 is 17.9 Å². The molecule has 0 bridgehead atoms. The second-order valence-corrected chi connectivity index (χ2v) is 7.43. The lowest BCUT2D eigenvalue weighted by molar-refractivity contribution is 0.0600. The van der Waals surface area contributed by atoms with Crippen molar-refractivity contribution >= 4 is 28.4 Å². The first kappa shape index (κ1) is 19.9. The van der Waals surface area contributed by atoms with E-state index in [0.29, 0.717) is 24.2 Å². The number of nitrogens with zero attached hydrogens (tertiary/aromatic N) is 1. The third-order valence-electron chi connectivity index (χ3n) is 4.16. The molecule has 1 N–H and O–H groups in total. The van der Waals surface area contributed by atoms with Crippen LogP contribution in [-0.4, -0.2) is 51.0 Å². The topological polar surface area (TPSA) is 75.7 Å². The number of benzene rings is 1. The first-order chi connectivity index (χ1) is 10.3. The van der Waals surface area contributed by atoms with Crippen LogP contribution >= 0.6 is 12.4 Å². The number of nitrogens with one attached hydrogen (secondary N) is 1. The summed E-state index contributed by atoms with van der Waals surface area (Å²) >= 11 is 0. The van der Waals surface area contributed by atoms with E-state index in [1.807, 2.05) is 13.8 Å². The van der Waals surface area contributed by atoms with E-state index in [-0.39, 0.29) is 29.4 Å². The first-order valence-corrected chi connectivity index (χ1v) is 8.67. The minimum absolute atomic E-state index is 0. The van der Waals surface area contributed by atoms with Crippen molar-refractivity contribution in [3.63, 3.8) is 0 Å². The zero-order valence-electron chi connectivity index (χ0n) is 13.7. The van der Waals surface area contributed by atoms with Crippen LogP contribution in [0, 0.1) is 6.92 Å². The van der Waals surface area contributed by atoms with Gasteiger partial charge in [-0.2, -0.15) is 4.31 Å². The number of hydrogen-bond donors (Lipinski definition) is 1. The van der Waals surface area contributed by atoms with E-state index >= 15 is 0 Å². The lowest BCUT2D eigenvalue weighted by Gasteiger charge is -2.37. The Labute approximate surface area is 143 Å². The Balaban J connectivity index is 0.00000264. The number of rotatable bonds is 3. The maximum Gasteiger partial charge on any atom is 0.337 e. The van der Waals surface area contributed by atoms with E-state index in [2.05, 4.69) is 10.1 Å². The minimum atomic E-state index is -3.58. The van der Waals surface area contributed by atoms with Gasteiger partial charge < -0.3 is 10.1 Å².